The van der Waals surface area contributed by atoms with Crippen molar-refractivity contribution in [3.05, 3.63) is 28.0 Å². The maximum atomic E-state index is 12.5. The summed E-state index contributed by atoms with van der Waals surface area (Å²) in [4.78, 5) is 24.4. The molecule has 6 heteroatoms. The monoisotopic (exact) mass is 278 g/mol. The van der Waals surface area contributed by atoms with E-state index in [1.165, 1.54) is 31.4 Å². The number of carbonyl (C=O) groups excluding carboxylic acids is 1. The molecule has 1 amide bonds. The smallest absolute Gasteiger partial charge is 0.395 e. The normalized spacial score (nSPS) is 26.1. The van der Waals surface area contributed by atoms with E-state index < -0.39 is 4.92 Å². The van der Waals surface area contributed by atoms with Crippen molar-refractivity contribution in [1.29, 1.82) is 0 Å². The molecule has 1 aromatic rings. The largest absolute Gasteiger partial charge is 0.433 e. The summed E-state index contributed by atoms with van der Waals surface area (Å²) in [5, 5.41) is 10.6. The van der Waals surface area contributed by atoms with E-state index in [0.717, 1.165) is 25.8 Å². The Kier molecular flexibility index (Phi) is 3.46. The minimum absolute atomic E-state index is 0.0860. The van der Waals surface area contributed by atoms with Gasteiger partial charge in [-0.1, -0.05) is 12.8 Å². The molecule has 3 rings (SSSR count). The molecule has 0 N–H and O–H groups in total. The number of nitrogens with zero attached hydrogens (tertiary/aromatic N) is 2. The molecule has 1 aromatic heterocycles. The maximum absolute atomic E-state index is 12.5. The van der Waals surface area contributed by atoms with Crippen LogP contribution in [0, 0.1) is 16.0 Å². The molecule has 0 spiro atoms. The van der Waals surface area contributed by atoms with Crippen molar-refractivity contribution in [2.24, 2.45) is 5.92 Å². The van der Waals surface area contributed by atoms with E-state index in [9.17, 15) is 14.9 Å². The highest BCUT2D eigenvalue weighted by Crippen LogP contribution is 2.36. The van der Waals surface area contributed by atoms with Gasteiger partial charge in [0.15, 0.2) is 5.76 Å². The number of fused-ring (bicyclic) bond motifs is 1. The van der Waals surface area contributed by atoms with Gasteiger partial charge in [0.1, 0.15) is 4.92 Å². The van der Waals surface area contributed by atoms with Crippen molar-refractivity contribution in [3.8, 4) is 0 Å². The van der Waals surface area contributed by atoms with Gasteiger partial charge in [-0.2, -0.15) is 0 Å². The number of hydrogen-bond donors (Lipinski definition) is 0. The van der Waals surface area contributed by atoms with Gasteiger partial charge in [-0.3, -0.25) is 14.9 Å². The molecule has 1 saturated carbocycles. The third kappa shape index (κ3) is 2.30. The zero-order chi connectivity index (χ0) is 14.1. The molecule has 1 saturated heterocycles. The lowest BCUT2D eigenvalue weighted by Gasteiger charge is -2.43. The zero-order valence-electron chi connectivity index (χ0n) is 11.3. The number of nitro groups is 1. The number of amides is 1. The Hall–Kier alpha value is -1.85. The van der Waals surface area contributed by atoms with Gasteiger partial charge in [0.25, 0.3) is 5.91 Å². The number of hydrogen-bond acceptors (Lipinski definition) is 4. The van der Waals surface area contributed by atoms with Crippen LogP contribution in [0.15, 0.2) is 16.5 Å². The molecule has 0 radical (unpaired) electrons. The minimum Gasteiger partial charge on any atom is -0.395 e. The number of rotatable bonds is 2. The summed E-state index contributed by atoms with van der Waals surface area (Å²) in [6.07, 6.45) is 6.83. The van der Waals surface area contributed by atoms with Gasteiger partial charge in [0.05, 0.1) is 6.07 Å². The first-order valence-corrected chi connectivity index (χ1v) is 7.22. The number of carbonyl (C=O) groups is 1. The predicted molar refractivity (Wildman–Crippen MR) is 71.4 cm³/mol. The molecule has 0 bridgehead atoms. The van der Waals surface area contributed by atoms with E-state index in [1.807, 2.05) is 4.90 Å². The van der Waals surface area contributed by atoms with Gasteiger partial charge in [0.2, 0.25) is 0 Å². The third-order valence-corrected chi connectivity index (χ3v) is 4.49. The third-order valence-electron chi connectivity index (χ3n) is 4.49. The quantitative estimate of drug-likeness (QED) is 0.615. The van der Waals surface area contributed by atoms with E-state index in [-0.39, 0.29) is 23.6 Å². The summed E-state index contributed by atoms with van der Waals surface area (Å²) in [6, 6.07) is 2.94. The summed E-state index contributed by atoms with van der Waals surface area (Å²) in [5.41, 5.74) is 0. The van der Waals surface area contributed by atoms with Crippen LogP contribution in [-0.4, -0.2) is 28.3 Å². The Labute approximate surface area is 116 Å². The highest BCUT2D eigenvalue weighted by molar-refractivity contribution is 5.92. The lowest BCUT2D eigenvalue weighted by atomic mass is 9.78. The number of piperidine rings is 1. The van der Waals surface area contributed by atoms with Crippen molar-refractivity contribution >= 4 is 11.8 Å². The highest BCUT2D eigenvalue weighted by atomic mass is 16.6. The first-order chi connectivity index (χ1) is 9.66. The Balaban J connectivity index is 1.79. The molecular formula is C14H18N2O4. The molecule has 108 valence electrons. The maximum Gasteiger partial charge on any atom is 0.433 e. The summed E-state index contributed by atoms with van der Waals surface area (Å²) in [5.74, 6) is 0.106. The van der Waals surface area contributed by atoms with Gasteiger partial charge < -0.3 is 9.32 Å². The van der Waals surface area contributed by atoms with Crippen molar-refractivity contribution in [3.63, 3.8) is 0 Å². The fourth-order valence-corrected chi connectivity index (χ4v) is 3.56. The van der Waals surface area contributed by atoms with Crippen LogP contribution in [0.25, 0.3) is 0 Å². The van der Waals surface area contributed by atoms with Crippen LogP contribution in [0.3, 0.4) is 0 Å². The SMILES string of the molecule is O=C(c1ccc([N+](=O)[O-])o1)N1CCCC2CCCCC21. The second-order valence-corrected chi connectivity index (χ2v) is 5.65. The molecular weight excluding hydrogens is 260 g/mol. The number of likely N-dealkylation sites (tertiary alicyclic amines) is 1. The van der Waals surface area contributed by atoms with Crippen LogP contribution in [0.4, 0.5) is 5.88 Å². The standard InChI is InChI=1S/C14H18N2O4/c17-14(12-7-8-13(20-12)16(18)19)15-9-3-5-10-4-1-2-6-11(10)15/h7-8,10-11H,1-6,9H2. The summed E-state index contributed by atoms with van der Waals surface area (Å²) in [6.45, 7) is 0.731. The van der Waals surface area contributed by atoms with Gasteiger partial charge >= 0.3 is 5.88 Å². The Morgan fingerprint density at radius 3 is 2.75 bits per heavy atom. The Morgan fingerprint density at radius 1 is 1.25 bits per heavy atom. The van der Waals surface area contributed by atoms with Crippen molar-refractivity contribution in [2.45, 2.75) is 44.6 Å². The van der Waals surface area contributed by atoms with Crippen LogP contribution in [0.1, 0.15) is 49.1 Å². The fraction of sp³-hybridized carbons (Fsp3) is 0.643. The van der Waals surface area contributed by atoms with Crippen LogP contribution >= 0.6 is 0 Å². The van der Waals surface area contributed by atoms with Crippen molar-refractivity contribution in [2.75, 3.05) is 6.54 Å². The highest BCUT2D eigenvalue weighted by Gasteiger charge is 2.37. The second kappa shape index (κ2) is 5.26. The topological polar surface area (TPSA) is 76.6 Å². The van der Waals surface area contributed by atoms with Gasteiger partial charge in [-0.05, 0) is 37.7 Å². The molecule has 6 nitrogen and oxygen atoms in total. The second-order valence-electron chi connectivity index (χ2n) is 5.65. The van der Waals surface area contributed by atoms with E-state index in [2.05, 4.69) is 0 Å². The van der Waals surface area contributed by atoms with Crippen LogP contribution in [0.5, 0.6) is 0 Å². The van der Waals surface area contributed by atoms with Crippen molar-refractivity contribution in [1.82, 2.24) is 4.90 Å². The van der Waals surface area contributed by atoms with Gasteiger partial charge in [-0.15, -0.1) is 0 Å². The molecule has 1 aliphatic heterocycles. The van der Waals surface area contributed by atoms with E-state index in [1.54, 1.807) is 0 Å². The van der Waals surface area contributed by atoms with E-state index in [4.69, 9.17) is 4.42 Å². The summed E-state index contributed by atoms with van der Waals surface area (Å²) < 4.78 is 5.05. The minimum atomic E-state index is -0.615. The molecule has 2 unspecified atom stereocenters. The van der Waals surface area contributed by atoms with Crippen LogP contribution in [-0.2, 0) is 0 Å². The molecule has 0 aromatic carbocycles. The lowest BCUT2D eigenvalue weighted by molar-refractivity contribution is -0.402. The molecule has 2 atom stereocenters. The van der Waals surface area contributed by atoms with Gasteiger partial charge in [-0.25, -0.2) is 0 Å². The molecule has 2 fully saturated rings. The zero-order valence-corrected chi connectivity index (χ0v) is 11.3. The first kappa shape index (κ1) is 13.1. The fourth-order valence-electron chi connectivity index (χ4n) is 3.56. The molecule has 2 aliphatic rings. The van der Waals surface area contributed by atoms with Crippen LogP contribution < -0.4 is 0 Å². The average Bonchev–Trinajstić information content (AvgIpc) is 2.96. The van der Waals surface area contributed by atoms with Crippen molar-refractivity contribution < 1.29 is 14.1 Å². The van der Waals surface area contributed by atoms with E-state index >= 15 is 0 Å². The first-order valence-electron chi connectivity index (χ1n) is 7.22. The Bertz CT molecular complexity index is 523. The molecule has 2 heterocycles. The predicted octanol–water partition coefficient (Wildman–Crippen LogP) is 2.98. The summed E-state index contributed by atoms with van der Waals surface area (Å²) >= 11 is 0. The molecule has 20 heavy (non-hydrogen) atoms. The van der Waals surface area contributed by atoms with E-state index in [0.29, 0.717) is 5.92 Å². The lowest BCUT2D eigenvalue weighted by Crippen LogP contribution is -2.49. The average molecular weight is 278 g/mol. The van der Waals surface area contributed by atoms with Gasteiger partial charge in [0, 0.05) is 12.6 Å². The summed E-state index contributed by atoms with van der Waals surface area (Å²) in [7, 11) is 0. The van der Waals surface area contributed by atoms with Crippen LogP contribution in [0.2, 0.25) is 0 Å². The Morgan fingerprint density at radius 2 is 2.00 bits per heavy atom. The molecule has 1 aliphatic carbocycles. The number of furan rings is 1.